The number of benzene rings is 2. The summed E-state index contributed by atoms with van der Waals surface area (Å²) >= 11 is 0. The molecule has 8 heteroatoms. The standard InChI is InChI=1S/C35H37N3O5/c1-38-29-21-25(12-15-28(29)31(24-7-3-2-4-8-24)32(38)26-17-20-43-22-26)33(41)37-35(18-5-6-19-35)34(42)36-27-13-9-23(10-14-27)11-16-30(39)40/h9-17,20-22,24H,2-8,18-19H2,1H3,(H,36,42)(H,37,41)(H,39,40). The maximum atomic E-state index is 13.7. The molecule has 2 amide bonds. The SMILES string of the molecule is Cn1c(-c2ccoc2)c(C2CCCCC2)c2ccc(C(=O)NC3(C(=O)Nc4ccc(C=CC(=O)O)cc4)CCCC3)cc21. The number of aryl methyl sites for hydroxylation is 1. The van der Waals surface area contributed by atoms with Gasteiger partial charge in [0.05, 0.1) is 18.2 Å². The molecule has 4 aromatic rings. The number of rotatable bonds is 8. The lowest BCUT2D eigenvalue weighted by Crippen LogP contribution is -2.55. The van der Waals surface area contributed by atoms with Crippen molar-refractivity contribution in [2.45, 2.75) is 69.2 Å². The Morgan fingerprint density at radius 3 is 2.40 bits per heavy atom. The predicted molar refractivity (Wildman–Crippen MR) is 167 cm³/mol. The summed E-state index contributed by atoms with van der Waals surface area (Å²) in [4.78, 5) is 38.1. The number of furan rings is 1. The first kappa shape index (κ1) is 28.5. The average Bonchev–Trinajstić information content (AvgIpc) is 3.78. The van der Waals surface area contributed by atoms with Crippen molar-refractivity contribution < 1.29 is 23.9 Å². The Bertz CT molecular complexity index is 1670. The lowest BCUT2D eigenvalue weighted by atomic mass is 9.82. The molecule has 3 N–H and O–H groups in total. The minimum absolute atomic E-state index is 0.242. The van der Waals surface area contributed by atoms with Crippen LogP contribution in [-0.2, 0) is 16.6 Å². The van der Waals surface area contributed by atoms with Crippen molar-refractivity contribution in [2.75, 3.05) is 5.32 Å². The molecule has 2 aliphatic carbocycles. The normalized spacial score (nSPS) is 17.0. The molecular formula is C35H37N3O5. The van der Waals surface area contributed by atoms with Gasteiger partial charge in [0.25, 0.3) is 5.91 Å². The van der Waals surface area contributed by atoms with E-state index in [1.165, 1.54) is 30.9 Å². The van der Waals surface area contributed by atoms with Gasteiger partial charge in [0.2, 0.25) is 5.91 Å². The average molecular weight is 580 g/mol. The quantitative estimate of drug-likeness (QED) is 0.190. The number of nitrogens with one attached hydrogen (secondary N) is 2. The molecule has 2 aromatic heterocycles. The van der Waals surface area contributed by atoms with Crippen LogP contribution < -0.4 is 10.6 Å². The second kappa shape index (κ2) is 12.0. The summed E-state index contributed by atoms with van der Waals surface area (Å²) in [5.41, 5.74) is 5.33. The maximum Gasteiger partial charge on any atom is 0.328 e. The van der Waals surface area contributed by atoms with Gasteiger partial charge in [-0.05, 0) is 79.1 Å². The summed E-state index contributed by atoms with van der Waals surface area (Å²) in [7, 11) is 2.05. The van der Waals surface area contributed by atoms with Gasteiger partial charge >= 0.3 is 5.97 Å². The fourth-order valence-electron chi connectivity index (χ4n) is 6.93. The maximum absolute atomic E-state index is 13.7. The highest BCUT2D eigenvalue weighted by molar-refractivity contribution is 6.06. The van der Waals surface area contributed by atoms with Gasteiger partial charge in [0.15, 0.2) is 0 Å². The molecule has 0 atom stereocenters. The molecule has 222 valence electrons. The van der Waals surface area contributed by atoms with Gasteiger partial charge in [0.1, 0.15) is 5.54 Å². The Labute approximate surface area is 250 Å². The van der Waals surface area contributed by atoms with Crippen molar-refractivity contribution >= 4 is 40.4 Å². The molecule has 0 saturated heterocycles. The first-order valence-corrected chi connectivity index (χ1v) is 15.1. The third-order valence-corrected chi connectivity index (χ3v) is 9.14. The summed E-state index contributed by atoms with van der Waals surface area (Å²) in [5, 5.41) is 16.1. The minimum atomic E-state index is -1.02. The first-order chi connectivity index (χ1) is 20.8. The molecule has 6 rings (SSSR count). The molecule has 2 saturated carbocycles. The molecule has 2 aliphatic rings. The first-order valence-electron chi connectivity index (χ1n) is 15.1. The van der Waals surface area contributed by atoms with Gasteiger partial charge in [-0.25, -0.2) is 4.79 Å². The smallest absolute Gasteiger partial charge is 0.328 e. The molecule has 8 nitrogen and oxygen atoms in total. The van der Waals surface area contributed by atoms with Crippen LogP contribution in [0.3, 0.4) is 0 Å². The van der Waals surface area contributed by atoms with E-state index in [-0.39, 0.29) is 11.8 Å². The van der Waals surface area contributed by atoms with Crippen molar-refractivity contribution in [1.82, 2.24) is 9.88 Å². The van der Waals surface area contributed by atoms with E-state index in [4.69, 9.17) is 9.52 Å². The van der Waals surface area contributed by atoms with Crippen LogP contribution in [0.25, 0.3) is 28.2 Å². The Morgan fingerprint density at radius 1 is 0.977 bits per heavy atom. The van der Waals surface area contributed by atoms with Crippen LogP contribution >= 0.6 is 0 Å². The zero-order chi connectivity index (χ0) is 30.0. The molecular weight excluding hydrogens is 542 g/mol. The van der Waals surface area contributed by atoms with Crippen molar-refractivity contribution in [3.05, 3.63) is 83.8 Å². The molecule has 43 heavy (non-hydrogen) atoms. The third kappa shape index (κ3) is 5.74. The third-order valence-electron chi connectivity index (χ3n) is 9.14. The highest BCUT2D eigenvalue weighted by Gasteiger charge is 2.42. The van der Waals surface area contributed by atoms with Crippen LogP contribution in [0.2, 0.25) is 0 Å². The molecule has 2 heterocycles. The molecule has 0 bridgehead atoms. The molecule has 0 spiro atoms. The number of aliphatic carboxylic acids is 1. The zero-order valence-corrected chi connectivity index (χ0v) is 24.4. The van der Waals surface area contributed by atoms with E-state index in [1.54, 1.807) is 36.8 Å². The minimum Gasteiger partial charge on any atom is -0.478 e. The highest BCUT2D eigenvalue weighted by atomic mass is 16.4. The number of hydrogen-bond donors (Lipinski definition) is 3. The number of carbonyl (C=O) groups excluding carboxylic acids is 2. The number of carboxylic acids is 1. The number of nitrogens with zero attached hydrogens (tertiary/aromatic N) is 1. The van der Waals surface area contributed by atoms with Crippen molar-refractivity contribution in [3.8, 4) is 11.3 Å². The second-order valence-corrected chi connectivity index (χ2v) is 11.9. The molecule has 0 unspecified atom stereocenters. The fourth-order valence-corrected chi connectivity index (χ4v) is 6.93. The summed E-state index contributed by atoms with van der Waals surface area (Å²) in [5.74, 6) is -1.06. The number of carboxylic acid groups (broad SMARTS) is 1. The molecule has 0 aliphatic heterocycles. The van der Waals surface area contributed by atoms with Crippen LogP contribution in [0.1, 0.15) is 85.2 Å². The van der Waals surface area contributed by atoms with Crippen LogP contribution in [0.5, 0.6) is 0 Å². The topological polar surface area (TPSA) is 114 Å². The monoisotopic (exact) mass is 579 g/mol. The van der Waals surface area contributed by atoms with Gasteiger partial charge < -0.3 is 24.7 Å². The second-order valence-electron chi connectivity index (χ2n) is 11.9. The van der Waals surface area contributed by atoms with Gasteiger partial charge in [-0.3, -0.25) is 9.59 Å². The van der Waals surface area contributed by atoms with Crippen LogP contribution in [0, 0.1) is 0 Å². The Morgan fingerprint density at radius 2 is 1.72 bits per heavy atom. The van der Waals surface area contributed by atoms with E-state index < -0.39 is 11.5 Å². The predicted octanol–water partition coefficient (Wildman–Crippen LogP) is 7.27. The van der Waals surface area contributed by atoms with Crippen LogP contribution in [-0.4, -0.2) is 33.0 Å². The number of amides is 2. The Balaban J connectivity index is 1.26. The lowest BCUT2D eigenvalue weighted by molar-refractivity contribution is -0.131. The van der Waals surface area contributed by atoms with E-state index in [1.807, 2.05) is 25.2 Å². The van der Waals surface area contributed by atoms with Crippen molar-refractivity contribution in [3.63, 3.8) is 0 Å². The summed E-state index contributed by atoms with van der Waals surface area (Å²) in [6.07, 6.45) is 14.9. The van der Waals surface area contributed by atoms with E-state index in [9.17, 15) is 14.4 Å². The van der Waals surface area contributed by atoms with Crippen LogP contribution in [0.4, 0.5) is 5.69 Å². The van der Waals surface area contributed by atoms with E-state index >= 15 is 0 Å². The van der Waals surface area contributed by atoms with Gasteiger partial charge in [-0.15, -0.1) is 0 Å². The van der Waals surface area contributed by atoms with E-state index in [2.05, 4.69) is 21.3 Å². The van der Waals surface area contributed by atoms with E-state index in [0.717, 1.165) is 53.9 Å². The van der Waals surface area contributed by atoms with Gasteiger partial charge in [-0.1, -0.05) is 50.3 Å². The van der Waals surface area contributed by atoms with Gasteiger partial charge in [0, 0.05) is 40.8 Å². The summed E-state index contributed by atoms with van der Waals surface area (Å²) < 4.78 is 7.64. The van der Waals surface area contributed by atoms with Crippen molar-refractivity contribution in [2.24, 2.45) is 7.05 Å². The highest BCUT2D eigenvalue weighted by Crippen LogP contribution is 2.44. The van der Waals surface area contributed by atoms with Gasteiger partial charge in [-0.2, -0.15) is 0 Å². The molecule has 2 fully saturated rings. The number of aromatic nitrogens is 1. The number of hydrogen-bond acceptors (Lipinski definition) is 4. The largest absolute Gasteiger partial charge is 0.478 e. The number of anilines is 1. The van der Waals surface area contributed by atoms with Crippen molar-refractivity contribution in [1.29, 1.82) is 0 Å². The summed E-state index contributed by atoms with van der Waals surface area (Å²) in [6.45, 7) is 0. The molecule has 2 aromatic carbocycles. The summed E-state index contributed by atoms with van der Waals surface area (Å²) in [6, 6.07) is 14.8. The molecule has 0 radical (unpaired) electrons. The lowest BCUT2D eigenvalue weighted by Gasteiger charge is -2.29. The fraction of sp³-hybridized carbons (Fsp3) is 0.343. The Hall–Kier alpha value is -4.59. The number of fused-ring (bicyclic) bond motifs is 1. The number of carbonyl (C=O) groups is 3. The Kier molecular flexibility index (Phi) is 7.93. The van der Waals surface area contributed by atoms with Crippen LogP contribution in [0.15, 0.2) is 71.6 Å². The van der Waals surface area contributed by atoms with E-state index in [0.29, 0.717) is 35.6 Å². The zero-order valence-electron chi connectivity index (χ0n) is 24.4.